The van der Waals surface area contributed by atoms with Crippen LogP contribution in [0.4, 0.5) is 0 Å². The Bertz CT molecular complexity index is 36.8. The van der Waals surface area contributed by atoms with E-state index in [2.05, 4.69) is 11.8 Å². The van der Waals surface area contributed by atoms with Gasteiger partial charge in [0.25, 0.3) is 0 Å². The van der Waals surface area contributed by atoms with Gasteiger partial charge in [-0.1, -0.05) is 0 Å². The van der Waals surface area contributed by atoms with E-state index in [1.165, 1.54) is 6.26 Å². The minimum Gasteiger partial charge on any atom is -0.498 e. The van der Waals surface area contributed by atoms with Crippen molar-refractivity contribution >= 4 is 11.6 Å². The van der Waals surface area contributed by atoms with E-state index < -0.39 is 0 Å². The lowest BCUT2D eigenvalue weighted by atomic mass is 10.7. The summed E-state index contributed by atoms with van der Waals surface area (Å²) in [5.74, 6) is 0.482. The zero-order valence-electron chi connectivity index (χ0n) is 3.36. The average Bonchev–Trinajstić information content (AvgIpc) is 1.61. The van der Waals surface area contributed by atoms with E-state index in [1.54, 1.807) is 6.08 Å². The molecule has 0 aromatic carbocycles. The second kappa shape index (κ2) is 4.83. The van der Waals surface area contributed by atoms with Crippen molar-refractivity contribution in [3.05, 3.63) is 19.4 Å². The SMILES string of the molecule is [CH2]O/C=C\CCl. The molecule has 0 bridgehead atoms. The van der Waals surface area contributed by atoms with Crippen molar-refractivity contribution in [3.63, 3.8) is 0 Å². The van der Waals surface area contributed by atoms with Crippen molar-refractivity contribution in [1.82, 2.24) is 0 Å². The van der Waals surface area contributed by atoms with Crippen molar-refractivity contribution in [1.29, 1.82) is 0 Å². The van der Waals surface area contributed by atoms with E-state index in [-0.39, 0.29) is 0 Å². The van der Waals surface area contributed by atoms with Crippen LogP contribution in [0.3, 0.4) is 0 Å². The molecule has 0 aliphatic rings. The van der Waals surface area contributed by atoms with Gasteiger partial charge in [0.2, 0.25) is 0 Å². The fourth-order valence-corrected chi connectivity index (χ4v) is 0.177. The molecule has 0 heterocycles. The van der Waals surface area contributed by atoms with E-state index in [4.69, 9.17) is 11.6 Å². The highest BCUT2D eigenvalue weighted by Crippen LogP contribution is 1.76. The Morgan fingerprint density at radius 3 is 2.67 bits per heavy atom. The Balaban J connectivity index is 2.73. The average molecular weight is 106 g/mol. The molecule has 0 aromatic rings. The van der Waals surface area contributed by atoms with Gasteiger partial charge in [-0.25, -0.2) is 0 Å². The van der Waals surface area contributed by atoms with E-state index in [9.17, 15) is 0 Å². The molecule has 0 N–H and O–H groups in total. The first kappa shape index (κ1) is 5.83. The maximum atomic E-state index is 5.19. The summed E-state index contributed by atoms with van der Waals surface area (Å²) < 4.78 is 4.27. The first-order valence-electron chi connectivity index (χ1n) is 1.53. The van der Waals surface area contributed by atoms with E-state index in [1.807, 2.05) is 0 Å². The largest absolute Gasteiger partial charge is 0.498 e. The Kier molecular flexibility index (Phi) is 4.69. The number of alkyl halides is 1. The third kappa shape index (κ3) is 3.83. The molecule has 0 fully saturated rings. The van der Waals surface area contributed by atoms with Gasteiger partial charge in [0.1, 0.15) is 7.11 Å². The van der Waals surface area contributed by atoms with Gasteiger partial charge in [-0.15, -0.1) is 11.6 Å². The Morgan fingerprint density at radius 1 is 1.83 bits per heavy atom. The van der Waals surface area contributed by atoms with Gasteiger partial charge in [0.15, 0.2) is 0 Å². The molecule has 0 aliphatic carbocycles. The standard InChI is InChI=1S/C4H6ClO/c1-6-4-2-3-5/h2,4H,1,3H2/b4-2-. The zero-order chi connectivity index (χ0) is 4.83. The molecule has 0 aliphatic heterocycles. The molecule has 1 nitrogen and oxygen atoms in total. The summed E-state index contributed by atoms with van der Waals surface area (Å²) in [4.78, 5) is 0. The molecule has 0 atom stereocenters. The molecule has 0 spiro atoms. The van der Waals surface area contributed by atoms with E-state index in [0.717, 1.165) is 0 Å². The molecule has 35 valence electrons. The van der Waals surface area contributed by atoms with Gasteiger partial charge in [-0.2, -0.15) is 0 Å². The highest BCUT2D eigenvalue weighted by Gasteiger charge is 1.60. The molecule has 0 rings (SSSR count). The van der Waals surface area contributed by atoms with Crippen LogP contribution >= 0.6 is 11.6 Å². The molecular weight excluding hydrogens is 99.5 g/mol. The van der Waals surface area contributed by atoms with Crippen LogP contribution in [0, 0.1) is 7.11 Å². The minimum absolute atomic E-state index is 0.482. The Labute approximate surface area is 42.6 Å². The van der Waals surface area contributed by atoms with Crippen LogP contribution in [0.5, 0.6) is 0 Å². The van der Waals surface area contributed by atoms with Crippen LogP contribution in [-0.4, -0.2) is 5.88 Å². The van der Waals surface area contributed by atoms with Crippen LogP contribution in [0.2, 0.25) is 0 Å². The normalized spacial score (nSPS) is 9.67. The molecule has 6 heavy (non-hydrogen) atoms. The van der Waals surface area contributed by atoms with Crippen molar-refractivity contribution in [2.45, 2.75) is 0 Å². The summed E-state index contributed by atoms with van der Waals surface area (Å²) in [5.41, 5.74) is 0. The Hall–Kier alpha value is -0.170. The first-order chi connectivity index (χ1) is 2.91. The van der Waals surface area contributed by atoms with Crippen LogP contribution in [0.1, 0.15) is 0 Å². The van der Waals surface area contributed by atoms with Gasteiger partial charge >= 0.3 is 0 Å². The number of ether oxygens (including phenoxy) is 1. The number of hydrogen-bond acceptors (Lipinski definition) is 1. The fourth-order valence-electron chi connectivity index (χ4n) is 0.104. The van der Waals surface area contributed by atoms with E-state index in [0.29, 0.717) is 5.88 Å². The lowest BCUT2D eigenvalue weighted by molar-refractivity contribution is 0.393. The highest BCUT2D eigenvalue weighted by atomic mass is 35.5. The molecule has 0 unspecified atom stereocenters. The number of hydrogen-bond donors (Lipinski definition) is 0. The minimum atomic E-state index is 0.482. The topological polar surface area (TPSA) is 9.23 Å². The van der Waals surface area contributed by atoms with Crippen LogP contribution < -0.4 is 0 Å². The summed E-state index contributed by atoms with van der Waals surface area (Å²) >= 11 is 5.19. The van der Waals surface area contributed by atoms with Crippen molar-refractivity contribution in [2.75, 3.05) is 5.88 Å². The Morgan fingerprint density at radius 2 is 2.50 bits per heavy atom. The second-order valence-electron chi connectivity index (χ2n) is 0.693. The first-order valence-corrected chi connectivity index (χ1v) is 2.07. The van der Waals surface area contributed by atoms with E-state index >= 15 is 0 Å². The van der Waals surface area contributed by atoms with Crippen molar-refractivity contribution in [2.24, 2.45) is 0 Å². The van der Waals surface area contributed by atoms with Crippen molar-refractivity contribution < 1.29 is 4.74 Å². The molecule has 0 amide bonds. The number of allylic oxidation sites excluding steroid dienone is 1. The van der Waals surface area contributed by atoms with Crippen molar-refractivity contribution in [3.8, 4) is 0 Å². The monoisotopic (exact) mass is 105 g/mol. The predicted molar refractivity (Wildman–Crippen MR) is 26.3 cm³/mol. The summed E-state index contributed by atoms with van der Waals surface area (Å²) in [5, 5.41) is 0. The molecular formula is C4H6ClO. The highest BCUT2D eigenvalue weighted by molar-refractivity contribution is 6.18. The third-order valence-electron chi connectivity index (χ3n) is 0.282. The summed E-state index contributed by atoms with van der Waals surface area (Å²) in [6.45, 7) is 0. The lowest BCUT2D eigenvalue weighted by Gasteiger charge is -1.78. The molecule has 2 heteroatoms. The molecule has 0 saturated heterocycles. The van der Waals surface area contributed by atoms with Crippen LogP contribution in [0.25, 0.3) is 0 Å². The van der Waals surface area contributed by atoms with Gasteiger partial charge < -0.3 is 4.74 Å². The zero-order valence-corrected chi connectivity index (χ0v) is 4.11. The lowest BCUT2D eigenvalue weighted by Crippen LogP contribution is -1.60. The second-order valence-corrected chi connectivity index (χ2v) is 1.00. The predicted octanol–water partition coefficient (Wildman–Crippen LogP) is 1.55. The molecule has 1 radical (unpaired) electrons. The van der Waals surface area contributed by atoms with Gasteiger partial charge in [0.05, 0.1) is 6.26 Å². The molecule has 0 saturated carbocycles. The smallest absolute Gasteiger partial charge is 0.121 e. The van der Waals surface area contributed by atoms with Gasteiger partial charge in [-0.05, 0) is 6.08 Å². The number of rotatable bonds is 2. The fraction of sp³-hybridized carbons (Fsp3) is 0.250. The summed E-state index contributed by atoms with van der Waals surface area (Å²) in [6.07, 6.45) is 3.10. The summed E-state index contributed by atoms with van der Waals surface area (Å²) in [6, 6.07) is 0. The van der Waals surface area contributed by atoms with Crippen LogP contribution in [-0.2, 0) is 4.74 Å². The maximum Gasteiger partial charge on any atom is 0.121 e. The maximum absolute atomic E-state index is 5.19. The van der Waals surface area contributed by atoms with Crippen LogP contribution in [0.15, 0.2) is 12.3 Å². The third-order valence-corrected chi connectivity index (χ3v) is 0.460. The molecule has 0 aromatic heterocycles. The summed E-state index contributed by atoms with van der Waals surface area (Å²) in [7, 11) is 3.08. The van der Waals surface area contributed by atoms with Gasteiger partial charge in [0, 0.05) is 5.88 Å². The van der Waals surface area contributed by atoms with Gasteiger partial charge in [-0.3, -0.25) is 0 Å². The number of halogens is 1. The quantitative estimate of drug-likeness (QED) is 0.383.